The Morgan fingerprint density at radius 2 is 1.94 bits per heavy atom. The maximum atomic E-state index is 11.4. The number of sulfonamides is 1. The third-order valence-corrected chi connectivity index (χ3v) is 4.94. The maximum absolute atomic E-state index is 11.4. The summed E-state index contributed by atoms with van der Waals surface area (Å²) in [5.74, 6) is 0. The largest absolute Gasteiger partial charge is 0.314 e. The van der Waals surface area contributed by atoms with E-state index in [2.05, 4.69) is 17.3 Å². The Morgan fingerprint density at radius 1 is 1.33 bits per heavy atom. The first-order valence-electron chi connectivity index (χ1n) is 6.80. The van der Waals surface area contributed by atoms with Gasteiger partial charge >= 0.3 is 0 Å². The maximum Gasteiger partial charge on any atom is 0.211 e. The van der Waals surface area contributed by atoms with Crippen molar-refractivity contribution in [3.05, 3.63) is 0 Å². The van der Waals surface area contributed by atoms with Gasteiger partial charge in [-0.2, -0.15) is 0 Å². The molecule has 1 heterocycles. The lowest BCUT2D eigenvalue weighted by Gasteiger charge is -2.29. The van der Waals surface area contributed by atoms with Crippen LogP contribution in [0.5, 0.6) is 0 Å². The van der Waals surface area contributed by atoms with Crippen LogP contribution in [0, 0.1) is 0 Å². The molecule has 6 heteroatoms. The number of likely N-dealkylation sites (tertiary alicyclic amines) is 1. The Morgan fingerprint density at radius 3 is 2.44 bits per heavy atom. The van der Waals surface area contributed by atoms with Crippen molar-refractivity contribution in [1.29, 1.82) is 0 Å². The first kappa shape index (κ1) is 15.9. The minimum atomic E-state index is -3.03. The Kier molecular flexibility index (Phi) is 6.55. The lowest BCUT2D eigenvalue weighted by Crippen LogP contribution is -2.41. The van der Waals surface area contributed by atoms with Gasteiger partial charge in [0.25, 0.3) is 0 Å². The van der Waals surface area contributed by atoms with Crippen molar-refractivity contribution in [2.24, 2.45) is 0 Å². The fourth-order valence-electron chi connectivity index (χ4n) is 2.33. The molecular formula is C12H27N3O2S. The first-order valence-corrected chi connectivity index (χ1v) is 8.65. The van der Waals surface area contributed by atoms with E-state index in [0.717, 1.165) is 26.1 Å². The van der Waals surface area contributed by atoms with Crippen LogP contribution >= 0.6 is 0 Å². The summed E-state index contributed by atoms with van der Waals surface area (Å²) in [6, 6.07) is 0.606. The molecule has 0 spiro atoms. The average molecular weight is 277 g/mol. The molecule has 1 N–H and O–H groups in total. The zero-order valence-electron chi connectivity index (χ0n) is 11.9. The van der Waals surface area contributed by atoms with Crippen molar-refractivity contribution in [2.75, 3.05) is 46.0 Å². The Balaban J connectivity index is 2.15. The summed E-state index contributed by atoms with van der Waals surface area (Å²) in [6.07, 6.45) is 4.55. The van der Waals surface area contributed by atoms with Crippen molar-refractivity contribution < 1.29 is 8.42 Å². The molecule has 0 bridgehead atoms. The van der Waals surface area contributed by atoms with Crippen LogP contribution in [0.25, 0.3) is 0 Å². The summed E-state index contributed by atoms with van der Waals surface area (Å²) in [5, 5.41) is 3.52. The van der Waals surface area contributed by atoms with Gasteiger partial charge in [0.1, 0.15) is 0 Å². The third kappa shape index (κ3) is 5.65. The minimum absolute atomic E-state index is 0.563. The van der Waals surface area contributed by atoms with E-state index in [-0.39, 0.29) is 0 Å². The van der Waals surface area contributed by atoms with Gasteiger partial charge < -0.3 is 10.2 Å². The van der Waals surface area contributed by atoms with E-state index in [9.17, 15) is 8.42 Å². The molecule has 18 heavy (non-hydrogen) atoms. The van der Waals surface area contributed by atoms with Crippen LogP contribution in [0.4, 0.5) is 0 Å². The van der Waals surface area contributed by atoms with Gasteiger partial charge in [-0.25, -0.2) is 12.7 Å². The van der Waals surface area contributed by atoms with Crippen LogP contribution < -0.4 is 5.32 Å². The van der Waals surface area contributed by atoms with Crippen LogP contribution in [-0.2, 0) is 10.0 Å². The molecule has 1 rings (SSSR count). The lowest BCUT2D eigenvalue weighted by molar-refractivity contribution is 0.234. The zero-order valence-corrected chi connectivity index (χ0v) is 12.7. The number of piperidine rings is 1. The van der Waals surface area contributed by atoms with Gasteiger partial charge in [-0.15, -0.1) is 0 Å². The molecule has 5 nitrogen and oxygen atoms in total. The van der Waals surface area contributed by atoms with E-state index >= 15 is 0 Å². The molecule has 0 aromatic rings. The van der Waals surface area contributed by atoms with Gasteiger partial charge in [0.2, 0.25) is 10.0 Å². The SMILES string of the molecule is CCN(CCCNC1CCN(C)CC1)S(C)(=O)=O. The van der Waals surface area contributed by atoms with Gasteiger partial charge in [0.05, 0.1) is 6.26 Å². The van der Waals surface area contributed by atoms with Crippen molar-refractivity contribution in [3.8, 4) is 0 Å². The fourth-order valence-corrected chi connectivity index (χ4v) is 3.26. The highest BCUT2D eigenvalue weighted by Gasteiger charge is 2.16. The van der Waals surface area contributed by atoms with Gasteiger partial charge in [-0.05, 0) is 45.9 Å². The fraction of sp³-hybridized carbons (Fsp3) is 1.00. The Bertz CT molecular complexity index is 324. The zero-order chi connectivity index (χ0) is 13.6. The van der Waals surface area contributed by atoms with Crippen LogP contribution in [0.1, 0.15) is 26.2 Å². The topological polar surface area (TPSA) is 52.6 Å². The number of nitrogens with zero attached hydrogens (tertiary/aromatic N) is 2. The minimum Gasteiger partial charge on any atom is -0.314 e. The molecule has 0 unspecified atom stereocenters. The number of hydrogen-bond acceptors (Lipinski definition) is 4. The summed E-state index contributed by atoms with van der Waals surface area (Å²) >= 11 is 0. The monoisotopic (exact) mass is 277 g/mol. The second-order valence-corrected chi connectivity index (χ2v) is 7.12. The van der Waals surface area contributed by atoms with E-state index in [4.69, 9.17) is 0 Å². The van der Waals surface area contributed by atoms with Crippen molar-refractivity contribution in [1.82, 2.24) is 14.5 Å². The second kappa shape index (κ2) is 7.43. The van der Waals surface area contributed by atoms with Crippen molar-refractivity contribution in [3.63, 3.8) is 0 Å². The standard InChI is InChI=1S/C12H27N3O2S/c1-4-15(18(3,16)17)9-5-8-13-12-6-10-14(2)11-7-12/h12-13H,4-11H2,1-3H3. The summed E-state index contributed by atoms with van der Waals surface area (Å²) < 4.78 is 24.3. The molecule has 0 aliphatic carbocycles. The number of hydrogen-bond donors (Lipinski definition) is 1. The molecule has 0 atom stereocenters. The van der Waals surface area contributed by atoms with Gasteiger partial charge in [-0.1, -0.05) is 6.92 Å². The van der Waals surface area contributed by atoms with E-state index in [1.807, 2.05) is 6.92 Å². The number of nitrogens with one attached hydrogen (secondary N) is 1. The molecule has 1 fully saturated rings. The second-order valence-electron chi connectivity index (χ2n) is 5.14. The molecule has 1 aliphatic heterocycles. The van der Waals surface area contributed by atoms with Gasteiger partial charge in [-0.3, -0.25) is 0 Å². The summed E-state index contributed by atoms with van der Waals surface area (Å²) in [5.41, 5.74) is 0. The number of rotatable bonds is 7. The average Bonchev–Trinajstić information content (AvgIpc) is 2.30. The van der Waals surface area contributed by atoms with Crippen LogP contribution in [0.15, 0.2) is 0 Å². The van der Waals surface area contributed by atoms with Crippen LogP contribution in [0.3, 0.4) is 0 Å². The molecule has 0 radical (unpaired) electrons. The van der Waals surface area contributed by atoms with E-state index in [1.165, 1.54) is 23.4 Å². The molecule has 0 aromatic heterocycles. The molecular weight excluding hydrogens is 250 g/mol. The van der Waals surface area contributed by atoms with Gasteiger partial charge in [0, 0.05) is 19.1 Å². The summed E-state index contributed by atoms with van der Waals surface area (Å²) in [7, 11) is -0.874. The quantitative estimate of drug-likeness (QED) is 0.682. The smallest absolute Gasteiger partial charge is 0.211 e. The van der Waals surface area contributed by atoms with Crippen LogP contribution in [0.2, 0.25) is 0 Å². The Hall–Kier alpha value is -0.170. The highest BCUT2D eigenvalue weighted by atomic mass is 32.2. The van der Waals surface area contributed by atoms with E-state index < -0.39 is 10.0 Å². The molecule has 1 aliphatic rings. The molecule has 0 aromatic carbocycles. The van der Waals surface area contributed by atoms with Crippen molar-refractivity contribution >= 4 is 10.0 Å². The highest BCUT2D eigenvalue weighted by molar-refractivity contribution is 7.88. The highest BCUT2D eigenvalue weighted by Crippen LogP contribution is 2.08. The molecule has 0 amide bonds. The van der Waals surface area contributed by atoms with E-state index in [1.54, 1.807) is 0 Å². The molecule has 0 saturated carbocycles. The predicted octanol–water partition coefficient (Wildman–Crippen LogP) is 0.342. The molecule has 108 valence electrons. The summed E-state index contributed by atoms with van der Waals surface area (Å²) in [6.45, 7) is 6.28. The lowest BCUT2D eigenvalue weighted by atomic mass is 10.1. The molecule has 1 saturated heterocycles. The summed E-state index contributed by atoms with van der Waals surface area (Å²) in [4.78, 5) is 2.35. The van der Waals surface area contributed by atoms with E-state index in [0.29, 0.717) is 19.1 Å². The predicted molar refractivity (Wildman–Crippen MR) is 75.2 cm³/mol. The first-order chi connectivity index (χ1) is 8.43. The van der Waals surface area contributed by atoms with Crippen molar-refractivity contribution in [2.45, 2.75) is 32.2 Å². The third-order valence-electron chi connectivity index (χ3n) is 3.56. The Labute approximate surface area is 112 Å². The van der Waals surface area contributed by atoms with Crippen LogP contribution in [-0.4, -0.2) is 69.7 Å². The normalized spacial score (nSPS) is 19.6. The van der Waals surface area contributed by atoms with Gasteiger partial charge in [0.15, 0.2) is 0 Å².